The molecule has 4 rings (SSSR count). The van der Waals surface area contributed by atoms with Gasteiger partial charge in [0, 0.05) is 0 Å². The monoisotopic (exact) mass is 430 g/mol. The third-order valence-electron chi connectivity index (χ3n) is 12.4. The van der Waals surface area contributed by atoms with Crippen LogP contribution in [0.1, 0.15) is 119 Å². The van der Waals surface area contributed by atoms with E-state index >= 15 is 0 Å². The molecular formula is C30H54O. The van der Waals surface area contributed by atoms with E-state index in [1.54, 1.807) is 0 Å². The lowest BCUT2D eigenvalue weighted by atomic mass is 9.43. The molecule has 0 radical (unpaired) electrons. The minimum atomic E-state index is -0.0435. The first kappa shape index (κ1) is 24.1. The topological polar surface area (TPSA) is 20.2 Å². The van der Waals surface area contributed by atoms with Crippen LogP contribution in [0.5, 0.6) is 0 Å². The van der Waals surface area contributed by atoms with Crippen LogP contribution in [0.25, 0.3) is 0 Å². The van der Waals surface area contributed by atoms with Crippen molar-refractivity contribution in [1.82, 2.24) is 0 Å². The lowest BCUT2D eigenvalue weighted by Crippen LogP contribution is -2.56. The normalized spacial score (nSPS) is 49.3. The van der Waals surface area contributed by atoms with E-state index in [0.29, 0.717) is 16.7 Å². The van der Waals surface area contributed by atoms with Crippen LogP contribution in [0, 0.1) is 64.1 Å². The van der Waals surface area contributed by atoms with Crippen molar-refractivity contribution in [3.05, 3.63) is 0 Å². The van der Waals surface area contributed by atoms with E-state index in [0.717, 1.165) is 53.8 Å². The molecule has 1 heteroatoms. The van der Waals surface area contributed by atoms with Crippen LogP contribution in [0.2, 0.25) is 0 Å². The van der Waals surface area contributed by atoms with Gasteiger partial charge in [-0.3, -0.25) is 0 Å². The summed E-state index contributed by atoms with van der Waals surface area (Å²) in [6.45, 7) is 17.6. The predicted molar refractivity (Wildman–Crippen MR) is 133 cm³/mol. The fourth-order valence-corrected chi connectivity index (χ4v) is 10.4. The molecule has 0 heterocycles. The quantitative estimate of drug-likeness (QED) is 0.449. The largest absolute Gasteiger partial charge is 0.393 e. The number of aliphatic hydroxyl groups is 1. The molecule has 0 aromatic rings. The molecule has 4 aliphatic rings. The van der Waals surface area contributed by atoms with E-state index in [-0.39, 0.29) is 6.10 Å². The minimum absolute atomic E-state index is 0.0435. The number of hydrogen-bond acceptors (Lipinski definition) is 1. The summed E-state index contributed by atoms with van der Waals surface area (Å²) in [5, 5.41) is 10.6. The van der Waals surface area contributed by atoms with E-state index in [1.165, 1.54) is 64.2 Å². The Morgan fingerprint density at radius 2 is 1.45 bits per heavy atom. The highest BCUT2D eigenvalue weighted by molar-refractivity contribution is 5.10. The smallest absolute Gasteiger partial charge is 0.0568 e. The Labute approximate surface area is 194 Å². The maximum absolute atomic E-state index is 10.6. The standard InChI is InChI=1S/C30H54O/c1-8-22(19(2)3)10-9-20(4)24-13-14-26-23-11-12-25-21(5)28(31)16-18-30(25,7)27(23)15-17-29(24,26)6/h19-28,31H,8-18H2,1-7H3. The van der Waals surface area contributed by atoms with E-state index in [1.807, 2.05) is 0 Å². The van der Waals surface area contributed by atoms with Crippen LogP contribution in [0.4, 0.5) is 0 Å². The highest BCUT2D eigenvalue weighted by Crippen LogP contribution is 2.69. The molecule has 0 aromatic carbocycles. The Kier molecular flexibility index (Phi) is 6.96. The molecule has 11 atom stereocenters. The van der Waals surface area contributed by atoms with Gasteiger partial charge in [-0.15, -0.1) is 0 Å². The maximum Gasteiger partial charge on any atom is 0.0568 e. The summed E-state index contributed by atoms with van der Waals surface area (Å²) in [5.74, 6) is 7.77. The van der Waals surface area contributed by atoms with Crippen molar-refractivity contribution in [2.45, 2.75) is 125 Å². The van der Waals surface area contributed by atoms with Gasteiger partial charge >= 0.3 is 0 Å². The first-order valence-electron chi connectivity index (χ1n) is 14.3. The van der Waals surface area contributed by atoms with Gasteiger partial charge in [0.25, 0.3) is 0 Å². The fraction of sp³-hybridized carbons (Fsp3) is 1.00. The lowest BCUT2D eigenvalue weighted by molar-refractivity contribution is -0.149. The van der Waals surface area contributed by atoms with Gasteiger partial charge in [0.1, 0.15) is 0 Å². The summed E-state index contributed by atoms with van der Waals surface area (Å²) < 4.78 is 0. The zero-order chi connectivity index (χ0) is 22.6. The Bertz CT molecular complexity index is 612. The molecule has 0 aliphatic heterocycles. The van der Waals surface area contributed by atoms with Crippen molar-refractivity contribution in [3.63, 3.8) is 0 Å². The molecule has 0 saturated heterocycles. The third-order valence-corrected chi connectivity index (χ3v) is 12.4. The average molecular weight is 431 g/mol. The Balaban J connectivity index is 1.46. The van der Waals surface area contributed by atoms with Gasteiger partial charge in [-0.25, -0.2) is 0 Å². The molecule has 11 unspecified atom stereocenters. The zero-order valence-corrected chi connectivity index (χ0v) is 22.0. The Morgan fingerprint density at radius 1 is 0.806 bits per heavy atom. The van der Waals surface area contributed by atoms with Gasteiger partial charge < -0.3 is 5.11 Å². The number of hydrogen-bond donors (Lipinski definition) is 1. The molecule has 31 heavy (non-hydrogen) atoms. The molecule has 0 spiro atoms. The molecule has 1 N–H and O–H groups in total. The zero-order valence-electron chi connectivity index (χ0n) is 22.0. The number of fused-ring (bicyclic) bond motifs is 5. The van der Waals surface area contributed by atoms with Gasteiger partial charge in [0.05, 0.1) is 6.10 Å². The highest BCUT2D eigenvalue weighted by Gasteiger charge is 2.61. The molecule has 0 aromatic heterocycles. The summed E-state index contributed by atoms with van der Waals surface area (Å²) in [5.41, 5.74) is 1.10. The second-order valence-electron chi connectivity index (χ2n) is 13.7. The van der Waals surface area contributed by atoms with Crippen LogP contribution in [-0.2, 0) is 0 Å². The van der Waals surface area contributed by atoms with E-state index in [4.69, 9.17) is 0 Å². The van der Waals surface area contributed by atoms with Gasteiger partial charge in [0.2, 0.25) is 0 Å². The lowest BCUT2D eigenvalue weighted by Gasteiger charge is -2.62. The van der Waals surface area contributed by atoms with Gasteiger partial charge in [0.15, 0.2) is 0 Å². The van der Waals surface area contributed by atoms with E-state index < -0.39 is 0 Å². The summed E-state index contributed by atoms with van der Waals surface area (Å²) in [6.07, 6.45) is 15.3. The van der Waals surface area contributed by atoms with Crippen molar-refractivity contribution >= 4 is 0 Å². The second-order valence-corrected chi connectivity index (χ2v) is 13.7. The van der Waals surface area contributed by atoms with Crippen LogP contribution in [0.15, 0.2) is 0 Å². The van der Waals surface area contributed by atoms with Crippen molar-refractivity contribution in [3.8, 4) is 0 Å². The minimum Gasteiger partial charge on any atom is -0.393 e. The Morgan fingerprint density at radius 3 is 2.13 bits per heavy atom. The van der Waals surface area contributed by atoms with Crippen molar-refractivity contribution in [1.29, 1.82) is 0 Å². The van der Waals surface area contributed by atoms with Crippen molar-refractivity contribution < 1.29 is 5.11 Å². The molecule has 0 amide bonds. The maximum atomic E-state index is 10.6. The van der Waals surface area contributed by atoms with Gasteiger partial charge in [-0.2, -0.15) is 0 Å². The first-order chi connectivity index (χ1) is 14.6. The summed E-state index contributed by atoms with van der Waals surface area (Å²) >= 11 is 0. The van der Waals surface area contributed by atoms with E-state index in [9.17, 15) is 5.11 Å². The molecular weight excluding hydrogens is 376 g/mol. The fourth-order valence-electron chi connectivity index (χ4n) is 10.4. The third kappa shape index (κ3) is 3.95. The summed E-state index contributed by atoms with van der Waals surface area (Å²) in [4.78, 5) is 0. The van der Waals surface area contributed by atoms with Crippen molar-refractivity contribution in [2.24, 2.45) is 64.1 Å². The average Bonchev–Trinajstić information content (AvgIpc) is 3.08. The molecule has 1 nitrogen and oxygen atoms in total. The summed E-state index contributed by atoms with van der Waals surface area (Å²) in [6, 6.07) is 0. The van der Waals surface area contributed by atoms with Crippen LogP contribution in [-0.4, -0.2) is 11.2 Å². The highest BCUT2D eigenvalue weighted by atomic mass is 16.3. The predicted octanol–water partition coefficient (Wildman–Crippen LogP) is 8.35. The van der Waals surface area contributed by atoms with Crippen molar-refractivity contribution in [2.75, 3.05) is 0 Å². The summed E-state index contributed by atoms with van der Waals surface area (Å²) in [7, 11) is 0. The van der Waals surface area contributed by atoms with E-state index in [2.05, 4.69) is 48.5 Å². The van der Waals surface area contributed by atoms with Crippen LogP contribution >= 0.6 is 0 Å². The first-order valence-corrected chi connectivity index (χ1v) is 14.3. The Hall–Kier alpha value is -0.0400. The molecule has 4 aliphatic carbocycles. The van der Waals surface area contributed by atoms with Crippen LogP contribution in [0.3, 0.4) is 0 Å². The molecule has 180 valence electrons. The number of aliphatic hydroxyl groups excluding tert-OH is 1. The molecule has 4 fully saturated rings. The SMILES string of the molecule is CCC(CCC(C)C1CCC2C3CCC4C(C)C(O)CCC4(C)C3CCC12C)C(C)C. The number of rotatable bonds is 6. The molecule has 4 saturated carbocycles. The molecule has 0 bridgehead atoms. The second kappa shape index (κ2) is 8.96. The van der Waals surface area contributed by atoms with Crippen LogP contribution < -0.4 is 0 Å². The van der Waals surface area contributed by atoms with Gasteiger partial charge in [-0.05, 0) is 122 Å². The van der Waals surface area contributed by atoms with Gasteiger partial charge in [-0.1, -0.05) is 61.3 Å².